The lowest BCUT2D eigenvalue weighted by Crippen LogP contribution is -2.51. The van der Waals surface area contributed by atoms with Gasteiger partial charge in [0.15, 0.2) is 0 Å². The molecular formula is C20H31NO3. The topological polar surface area (TPSA) is 55.7 Å². The summed E-state index contributed by atoms with van der Waals surface area (Å²) in [4.78, 5) is 22.6. The van der Waals surface area contributed by atoms with Crippen LogP contribution in [0.1, 0.15) is 72.1 Å². The first-order valence-electron chi connectivity index (χ1n) is 9.88. The van der Waals surface area contributed by atoms with E-state index < -0.39 is 0 Å². The molecule has 0 radical (unpaired) electrons. The number of carbonyl (C=O) groups is 1. The number of esters is 1. The molecule has 134 valence electrons. The number of hydrogen-bond donors (Lipinski definition) is 0. The van der Waals surface area contributed by atoms with Gasteiger partial charge in [0.25, 0.3) is 0 Å². The molecule has 0 amide bonds. The minimum absolute atomic E-state index is 0.0458. The second kappa shape index (κ2) is 5.54. The SMILES string of the molecule is CC(=O)OC1CC[C@H]2[C@@H]3CC[C@H]4CC(N=O)C[C@]4(C)[C@H]3CC[C@]12C. The summed E-state index contributed by atoms with van der Waals surface area (Å²) < 4.78 is 5.71. The molecule has 0 aliphatic heterocycles. The van der Waals surface area contributed by atoms with Crippen molar-refractivity contribution < 1.29 is 9.53 Å². The summed E-state index contributed by atoms with van der Waals surface area (Å²) in [5.74, 6) is 2.72. The standard InChI is InChI=1S/C20H31NO3/c1-12(22)24-18-7-6-16-15-5-4-13-10-14(21-23)11-20(13,3)17(15)8-9-19(16,18)2/h13-18H,4-11H2,1-3H3/t13-,14?,15-,16-,17-,18?,19-,20-/m0/s1. The summed E-state index contributed by atoms with van der Waals surface area (Å²) in [5.41, 5.74) is 0.472. The Balaban J connectivity index is 1.58. The molecule has 0 heterocycles. The molecule has 4 aliphatic rings. The fraction of sp³-hybridized carbons (Fsp3) is 0.950. The van der Waals surface area contributed by atoms with Crippen LogP contribution < -0.4 is 0 Å². The van der Waals surface area contributed by atoms with Crippen molar-refractivity contribution >= 4 is 5.97 Å². The summed E-state index contributed by atoms with van der Waals surface area (Å²) in [6.45, 7) is 6.35. The lowest BCUT2D eigenvalue weighted by atomic mass is 9.48. The first-order valence-corrected chi connectivity index (χ1v) is 9.88. The van der Waals surface area contributed by atoms with E-state index in [1.807, 2.05) is 0 Å². The molecule has 2 unspecified atom stereocenters. The van der Waals surface area contributed by atoms with Crippen LogP contribution in [0, 0.1) is 39.4 Å². The van der Waals surface area contributed by atoms with Crippen molar-refractivity contribution in [3.05, 3.63) is 4.91 Å². The van der Waals surface area contributed by atoms with Gasteiger partial charge in [0, 0.05) is 12.3 Å². The number of fused-ring (bicyclic) bond motifs is 5. The molecule has 4 nitrogen and oxygen atoms in total. The van der Waals surface area contributed by atoms with Gasteiger partial charge in [-0.3, -0.25) is 4.79 Å². The Labute approximate surface area is 145 Å². The maximum Gasteiger partial charge on any atom is 0.302 e. The molecular weight excluding hydrogens is 302 g/mol. The van der Waals surface area contributed by atoms with Gasteiger partial charge in [-0.05, 0) is 80.5 Å². The van der Waals surface area contributed by atoms with E-state index in [-0.39, 0.29) is 23.5 Å². The molecule has 0 N–H and O–H groups in total. The van der Waals surface area contributed by atoms with E-state index in [2.05, 4.69) is 19.0 Å². The van der Waals surface area contributed by atoms with E-state index >= 15 is 0 Å². The highest BCUT2D eigenvalue weighted by atomic mass is 16.5. The van der Waals surface area contributed by atoms with Crippen LogP contribution in [0.5, 0.6) is 0 Å². The van der Waals surface area contributed by atoms with Crippen LogP contribution in [0.4, 0.5) is 0 Å². The Morgan fingerprint density at radius 1 is 1.04 bits per heavy atom. The van der Waals surface area contributed by atoms with E-state index in [9.17, 15) is 9.70 Å². The highest BCUT2D eigenvalue weighted by Crippen LogP contribution is 2.67. The van der Waals surface area contributed by atoms with E-state index in [1.54, 1.807) is 6.92 Å². The van der Waals surface area contributed by atoms with Gasteiger partial charge in [-0.1, -0.05) is 19.0 Å². The van der Waals surface area contributed by atoms with Gasteiger partial charge in [-0.2, -0.15) is 4.91 Å². The van der Waals surface area contributed by atoms with Crippen molar-refractivity contribution in [3.8, 4) is 0 Å². The quantitative estimate of drug-likeness (QED) is 0.543. The summed E-state index contributed by atoms with van der Waals surface area (Å²) >= 11 is 0. The number of nitrogens with zero attached hydrogens (tertiary/aromatic N) is 1. The van der Waals surface area contributed by atoms with Crippen LogP contribution in [0.3, 0.4) is 0 Å². The van der Waals surface area contributed by atoms with Crippen molar-refractivity contribution in [2.45, 2.75) is 84.3 Å². The fourth-order valence-corrected chi connectivity index (χ4v) is 7.59. The third-order valence-corrected chi connectivity index (χ3v) is 8.67. The molecule has 4 fully saturated rings. The molecule has 0 saturated heterocycles. The van der Waals surface area contributed by atoms with Crippen LogP contribution in [-0.4, -0.2) is 18.1 Å². The molecule has 0 aromatic heterocycles. The van der Waals surface area contributed by atoms with Crippen LogP contribution in [0.2, 0.25) is 0 Å². The Kier molecular flexibility index (Phi) is 3.81. The van der Waals surface area contributed by atoms with Crippen molar-refractivity contribution in [2.24, 2.45) is 39.7 Å². The van der Waals surface area contributed by atoms with Gasteiger partial charge < -0.3 is 4.74 Å². The molecule has 4 heteroatoms. The highest BCUT2D eigenvalue weighted by Gasteiger charge is 2.62. The highest BCUT2D eigenvalue weighted by molar-refractivity contribution is 5.66. The van der Waals surface area contributed by atoms with Crippen LogP contribution in [0.15, 0.2) is 5.18 Å². The minimum Gasteiger partial charge on any atom is -0.462 e. The molecule has 4 rings (SSSR count). The zero-order chi connectivity index (χ0) is 17.1. The van der Waals surface area contributed by atoms with Crippen LogP contribution in [0.25, 0.3) is 0 Å². The van der Waals surface area contributed by atoms with Crippen LogP contribution in [-0.2, 0) is 9.53 Å². The second-order valence-corrected chi connectivity index (χ2v) is 9.58. The van der Waals surface area contributed by atoms with Crippen molar-refractivity contribution in [2.75, 3.05) is 0 Å². The normalized spacial score (nSPS) is 53.0. The van der Waals surface area contributed by atoms with Gasteiger partial charge in [0.2, 0.25) is 0 Å². The molecule has 0 spiro atoms. The average Bonchev–Trinajstić information content (AvgIpc) is 3.04. The number of ether oxygens (including phenoxy) is 1. The zero-order valence-electron chi connectivity index (χ0n) is 15.3. The predicted molar refractivity (Wildman–Crippen MR) is 92.2 cm³/mol. The molecule has 24 heavy (non-hydrogen) atoms. The smallest absolute Gasteiger partial charge is 0.302 e. The van der Waals surface area contributed by atoms with Gasteiger partial charge in [-0.15, -0.1) is 0 Å². The predicted octanol–water partition coefficient (Wildman–Crippen LogP) is 4.71. The summed E-state index contributed by atoms with van der Waals surface area (Å²) in [6.07, 6.45) is 9.30. The third-order valence-electron chi connectivity index (χ3n) is 8.67. The van der Waals surface area contributed by atoms with E-state index in [0.29, 0.717) is 17.3 Å². The van der Waals surface area contributed by atoms with Gasteiger partial charge >= 0.3 is 5.97 Å². The maximum atomic E-state index is 11.5. The third kappa shape index (κ3) is 2.20. The minimum atomic E-state index is -0.129. The lowest BCUT2D eigenvalue weighted by molar-refractivity contribution is -0.159. The Morgan fingerprint density at radius 3 is 2.50 bits per heavy atom. The molecule has 0 aromatic carbocycles. The number of hydrogen-bond acceptors (Lipinski definition) is 4. The molecule has 0 aromatic rings. The van der Waals surface area contributed by atoms with Crippen molar-refractivity contribution in [1.82, 2.24) is 0 Å². The average molecular weight is 333 g/mol. The second-order valence-electron chi connectivity index (χ2n) is 9.58. The monoisotopic (exact) mass is 333 g/mol. The molecule has 4 saturated carbocycles. The summed E-state index contributed by atoms with van der Waals surface area (Å²) in [5, 5.41) is 3.41. The lowest BCUT2D eigenvalue weighted by Gasteiger charge is -2.57. The zero-order valence-corrected chi connectivity index (χ0v) is 15.3. The van der Waals surface area contributed by atoms with Crippen molar-refractivity contribution in [1.29, 1.82) is 0 Å². The first-order chi connectivity index (χ1) is 11.4. The van der Waals surface area contributed by atoms with Crippen LogP contribution >= 0.6 is 0 Å². The van der Waals surface area contributed by atoms with E-state index in [4.69, 9.17) is 4.74 Å². The number of rotatable bonds is 2. The Bertz CT molecular complexity index is 549. The number of carbonyl (C=O) groups excluding carboxylic acids is 1. The van der Waals surface area contributed by atoms with Gasteiger partial charge in [-0.25, -0.2) is 0 Å². The summed E-state index contributed by atoms with van der Waals surface area (Å²) in [7, 11) is 0. The first kappa shape index (κ1) is 16.5. The Hall–Kier alpha value is -0.930. The number of nitroso groups, excluding NO2 is 1. The fourth-order valence-electron chi connectivity index (χ4n) is 7.59. The maximum absolute atomic E-state index is 11.5. The van der Waals surface area contributed by atoms with E-state index in [0.717, 1.165) is 37.5 Å². The van der Waals surface area contributed by atoms with Gasteiger partial charge in [0.1, 0.15) is 6.10 Å². The van der Waals surface area contributed by atoms with E-state index in [1.165, 1.54) is 25.7 Å². The molecule has 4 aliphatic carbocycles. The molecule has 0 bridgehead atoms. The molecule has 8 atom stereocenters. The van der Waals surface area contributed by atoms with Crippen molar-refractivity contribution in [3.63, 3.8) is 0 Å². The summed E-state index contributed by atoms with van der Waals surface area (Å²) in [6, 6.07) is 0.0458. The van der Waals surface area contributed by atoms with Gasteiger partial charge in [0.05, 0.1) is 6.04 Å². The largest absolute Gasteiger partial charge is 0.462 e. The Morgan fingerprint density at radius 2 is 1.79 bits per heavy atom.